The Morgan fingerprint density at radius 1 is 0.684 bits per heavy atom. The predicted molar refractivity (Wildman–Crippen MR) is 86.3 cm³/mol. The van der Waals surface area contributed by atoms with Crippen LogP contribution in [-0.2, 0) is 0 Å². The lowest BCUT2D eigenvalue weighted by molar-refractivity contribution is 0.348. The van der Waals surface area contributed by atoms with E-state index in [0.717, 1.165) is 0 Å². The Morgan fingerprint density at radius 2 is 1.11 bits per heavy atom. The van der Waals surface area contributed by atoms with E-state index >= 15 is 0 Å². The molecule has 0 N–H and O–H groups in total. The maximum absolute atomic E-state index is 2.35. The van der Waals surface area contributed by atoms with Gasteiger partial charge in [-0.2, -0.15) is 0 Å². The molecular formula is C18H33N. The normalized spacial score (nSPS) is 18.8. The average molecular weight is 263 g/mol. The lowest BCUT2D eigenvalue weighted by atomic mass is 9.86. The molecule has 1 aliphatic rings. The molecule has 0 saturated carbocycles. The van der Waals surface area contributed by atoms with E-state index in [1.807, 2.05) is 0 Å². The topological polar surface area (TPSA) is 3.24 Å². The molecular weight excluding hydrogens is 230 g/mol. The summed E-state index contributed by atoms with van der Waals surface area (Å²) in [5.74, 6) is 1.95. The molecule has 1 unspecified atom stereocenters. The zero-order chi connectivity index (χ0) is 14.9. The van der Waals surface area contributed by atoms with Crippen molar-refractivity contribution < 1.29 is 0 Å². The fourth-order valence-corrected chi connectivity index (χ4v) is 3.21. The van der Waals surface area contributed by atoms with Crippen LogP contribution in [0, 0.1) is 17.8 Å². The van der Waals surface area contributed by atoms with Gasteiger partial charge in [0.2, 0.25) is 0 Å². The van der Waals surface area contributed by atoms with Gasteiger partial charge in [-0.3, -0.25) is 0 Å². The van der Waals surface area contributed by atoms with Crippen LogP contribution < -0.4 is 0 Å². The van der Waals surface area contributed by atoms with Crippen LogP contribution in [0.5, 0.6) is 0 Å². The molecule has 0 fully saturated rings. The first-order chi connectivity index (χ1) is 8.68. The van der Waals surface area contributed by atoms with Crippen LogP contribution in [0.3, 0.4) is 0 Å². The van der Waals surface area contributed by atoms with Crippen LogP contribution in [0.4, 0.5) is 0 Å². The van der Waals surface area contributed by atoms with Crippen molar-refractivity contribution in [2.24, 2.45) is 17.8 Å². The van der Waals surface area contributed by atoms with Crippen molar-refractivity contribution in [2.75, 3.05) is 14.1 Å². The number of hydrogen-bond acceptors (Lipinski definition) is 1. The number of hydrogen-bond donors (Lipinski definition) is 0. The SMILES string of the molecule is CC(C)C1=C(C(C)C)C(C(C)N(C)C)=C(C(C)C)C1. The van der Waals surface area contributed by atoms with E-state index in [4.69, 9.17) is 0 Å². The Balaban J connectivity index is 3.37. The molecule has 0 amide bonds. The Bertz CT molecular complexity index is 380. The lowest BCUT2D eigenvalue weighted by Gasteiger charge is -2.28. The van der Waals surface area contributed by atoms with E-state index < -0.39 is 0 Å². The first-order valence-corrected chi connectivity index (χ1v) is 7.81. The van der Waals surface area contributed by atoms with Gasteiger partial charge in [0.05, 0.1) is 0 Å². The molecule has 19 heavy (non-hydrogen) atoms. The molecule has 0 aliphatic heterocycles. The van der Waals surface area contributed by atoms with Crippen molar-refractivity contribution in [3.05, 3.63) is 22.3 Å². The second-order valence-corrected chi connectivity index (χ2v) is 7.16. The molecule has 1 aliphatic carbocycles. The number of rotatable bonds is 5. The van der Waals surface area contributed by atoms with Gasteiger partial charge in [-0.15, -0.1) is 0 Å². The summed E-state index contributed by atoms with van der Waals surface area (Å²) in [5, 5.41) is 0. The number of likely N-dealkylation sites (N-methyl/N-ethyl adjacent to an activating group) is 1. The molecule has 110 valence electrons. The summed E-state index contributed by atoms with van der Waals surface area (Å²) in [6.45, 7) is 16.4. The Hall–Kier alpha value is -0.560. The maximum Gasteiger partial charge on any atom is 0.0316 e. The van der Waals surface area contributed by atoms with E-state index in [1.165, 1.54) is 6.42 Å². The molecule has 0 radical (unpaired) electrons. The van der Waals surface area contributed by atoms with Crippen molar-refractivity contribution in [1.29, 1.82) is 0 Å². The van der Waals surface area contributed by atoms with Gasteiger partial charge in [0.15, 0.2) is 0 Å². The van der Waals surface area contributed by atoms with Gasteiger partial charge in [-0.1, -0.05) is 52.7 Å². The minimum Gasteiger partial charge on any atom is -0.303 e. The molecule has 1 nitrogen and oxygen atoms in total. The van der Waals surface area contributed by atoms with E-state index in [0.29, 0.717) is 23.8 Å². The second-order valence-electron chi connectivity index (χ2n) is 7.16. The van der Waals surface area contributed by atoms with Crippen LogP contribution in [0.25, 0.3) is 0 Å². The molecule has 0 aromatic heterocycles. The zero-order valence-corrected chi connectivity index (χ0v) is 14.5. The van der Waals surface area contributed by atoms with Gasteiger partial charge in [0.25, 0.3) is 0 Å². The van der Waals surface area contributed by atoms with E-state index in [1.54, 1.807) is 22.3 Å². The van der Waals surface area contributed by atoms with Crippen molar-refractivity contribution in [3.8, 4) is 0 Å². The summed E-state index contributed by atoms with van der Waals surface area (Å²) < 4.78 is 0. The maximum atomic E-state index is 2.35. The van der Waals surface area contributed by atoms with E-state index in [2.05, 4.69) is 67.5 Å². The monoisotopic (exact) mass is 263 g/mol. The highest BCUT2D eigenvalue weighted by molar-refractivity contribution is 5.51. The smallest absolute Gasteiger partial charge is 0.0316 e. The molecule has 0 heterocycles. The van der Waals surface area contributed by atoms with Crippen LogP contribution in [0.1, 0.15) is 54.9 Å². The molecule has 0 bridgehead atoms. The van der Waals surface area contributed by atoms with Gasteiger partial charge < -0.3 is 4.90 Å². The highest BCUT2D eigenvalue weighted by Crippen LogP contribution is 2.44. The van der Waals surface area contributed by atoms with Crippen molar-refractivity contribution in [1.82, 2.24) is 4.90 Å². The summed E-state index contributed by atoms with van der Waals surface area (Å²) in [7, 11) is 4.39. The van der Waals surface area contributed by atoms with Gasteiger partial charge in [0, 0.05) is 6.04 Å². The molecule has 0 aromatic carbocycles. The molecule has 1 heteroatoms. The minimum absolute atomic E-state index is 0.519. The Morgan fingerprint density at radius 3 is 1.42 bits per heavy atom. The van der Waals surface area contributed by atoms with Crippen molar-refractivity contribution in [2.45, 2.75) is 60.9 Å². The fraction of sp³-hybridized carbons (Fsp3) is 0.778. The summed E-state index contributed by atoms with van der Waals surface area (Å²) in [4.78, 5) is 2.35. The summed E-state index contributed by atoms with van der Waals surface area (Å²) in [6.07, 6.45) is 1.20. The van der Waals surface area contributed by atoms with Gasteiger partial charge in [-0.05, 0) is 56.3 Å². The largest absolute Gasteiger partial charge is 0.303 e. The molecule has 0 saturated heterocycles. The molecule has 1 rings (SSSR count). The van der Waals surface area contributed by atoms with Crippen LogP contribution >= 0.6 is 0 Å². The summed E-state index contributed by atoms with van der Waals surface area (Å²) in [6, 6.07) is 0.519. The Labute approximate surface area is 120 Å². The minimum atomic E-state index is 0.519. The molecule has 0 aromatic rings. The first kappa shape index (κ1) is 16.5. The van der Waals surface area contributed by atoms with Crippen LogP contribution in [-0.4, -0.2) is 25.0 Å². The summed E-state index contributed by atoms with van der Waals surface area (Å²) >= 11 is 0. The zero-order valence-electron chi connectivity index (χ0n) is 14.5. The Kier molecular flexibility index (Phi) is 5.43. The first-order valence-electron chi connectivity index (χ1n) is 7.81. The quantitative estimate of drug-likeness (QED) is 0.682. The van der Waals surface area contributed by atoms with Crippen molar-refractivity contribution in [3.63, 3.8) is 0 Å². The molecule has 1 atom stereocenters. The van der Waals surface area contributed by atoms with Crippen molar-refractivity contribution >= 4 is 0 Å². The number of allylic oxidation sites excluding steroid dienone is 2. The third-order valence-corrected chi connectivity index (χ3v) is 4.53. The van der Waals surface area contributed by atoms with E-state index in [9.17, 15) is 0 Å². The van der Waals surface area contributed by atoms with Crippen LogP contribution in [0.15, 0.2) is 22.3 Å². The second kappa shape index (κ2) is 6.26. The highest BCUT2D eigenvalue weighted by atomic mass is 15.1. The van der Waals surface area contributed by atoms with Gasteiger partial charge >= 0.3 is 0 Å². The highest BCUT2D eigenvalue weighted by Gasteiger charge is 2.32. The fourth-order valence-electron chi connectivity index (χ4n) is 3.21. The van der Waals surface area contributed by atoms with Gasteiger partial charge in [-0.25, -0.2) is 0 Å². The average Bonchev–Trinajstić information content (AvgIpc) is 2.67. The standard InChI is InChI=1S/C18H33N/c1-11(2)15-10-16(12(3)4)18(14(7)19(8)9)17(15)13(5)6/h11-14H,10H2,1-9H3. The summed E-state index contributed by atoms with van der Waals surface area (Å²) in [5.41, 5.74) is 6.65. The molecule has 0 spiro atoms. The van der Waals surface area contributed by atoms with E-state index in [-0.39, 0.29) is 0 Å². The third-order valence-electron chi connectivity index (χ3n) is 4.53. The predicted octanol–water partition coefficient (Wildman–Crippen LogP) is 4.90. The lowest BCUT2D eigenvalue weighted by Crippen LogP contribution is -2.29. The van der Waals surface area contributed by atoms with Crippen LogP contribution in [0.2, 0.25) is 0 Å². The van der Waals surface area contributed by atoms with Gasteiger partial charge in [0.1, 0.15) is 0 Å². The third kappa shape index (κ3) is 3.31. The number of nitrogens with zero attached hydrogens (tertiary/aromatic N) is 1.